The lowest BCUT2D eigenvalue weighted by molar-refractivity contribution is -0.0548. The van der Waals surface area contributed by atoms with E-state index in [0.717, 1.165) is 18.5 Å². The van der Waals surface area contributed by atoms with E-state index in [1.54, 1.807) is 4.57 Å². The summed E-state index contributed by atoms with van der Waals surface area (Å²) < 4.78 is 7.47. The summed E-state index contributed by atoms with van der Waals surface area (Å²) in [7, 11) is 0. The third kappa shape index (κ3) is 4.01. The van der Waals surface area contributed by atoms with E-state index in [4.69, 9.17) is 9.72 Å². The van der Waals surface area contributed by atoms with Gasteiger partial charge in [0.1, 0.15) is 24.6 Å². The van der Waals surface area contributed by atoms with Gasteiger partial charge in [0, 0.05) is 12.3 Å². The highest BCUT2D eigenvalue weighted by Gasteiger charge is 2.45. The van der Waals surface area contributed by atoms with Crippen LogP contribution in [0.5, 0.6) is 0 Å². The zero-order valence-corrected chi connectivity index (χ0v) is 17.4. The number of nitrogens with zero attached hydrogens (tertiary/aromatic N) is 4. The van der Waals surface area contributed by atoms with Crippen molar-refractivity contribution in [3.05, 3.63) is 42.2 Å². The molecular weight excluding hydrogens is 406 g/mol. The van der Waals surface area contributed by atoms with Crippen LogP contribution in [0.1, 0.15) is 25.1 Å². The van der Waals surface area contributed by atoms with Crippen molar-refractivity contribution in [2.45, 2.75) is 48.8 Å². The molecule has 1 fully saturated rings. The van der Waals surface area contributed by atoms with Crippen LogP contribution in [0.3, 0.4) is 0 Å². The van der Waals surface area contributed by atoms with Crippen LogP contribution in [-0.4, -0.2) is 66.3 Å². The molecule has 10 heteroatoms. The lowest BCUT2D eigenvalue weighted by Crippen LogP contribution is -2.33. The molecule has 3 aromatic rings. The second kappa shape index (κ2) is 9.27. The van der Waals surface area contributed by atoms with Gasteiger partial charge in [-0.3, -0.25) is 4.57 Å². The Morgan fingerprint density at radius 3 is 2.67 bits per heavy atom. The van der Waals surface area contributed by atoms with Crippen molar-refractivity contribution in [3.8, 4) is 0 Å². The quantitative estimate of drug-likeness (QED) is 0.393. The maximum atomic E-state index is 10.6. The van der Waals surface area contributed by atoms with Crippen LogP contribution >= 0.6 is 11.8 Å². The highest BCUT2D eigenvalue weighted by molar-refractivity contribution is 7.98. The molecular formula is C20H25N5O4S. The first-order valence-electron chi connectivity index (χ1n) is 9.90. The number of rotatable bonds is 8. The van der Waals surface area contributed by atoms with Gasteiger partial charge in [-0.2, -0.15) is 0 Å². The topological polar surface area (TPSA) is 126 Å². The van der Waals surface area contributed by atoms with E-state index in [9.17, 15) is 15.3 Å². The number of fused-ring (bicyclic) bond motifs is 1. The predicted molar refractivity (Wildman–Crippen MR) is 113 cm³/mol. The van der Waals surface area contributed by atoms with Crippen LogP contribution in [0, 0.1) is 0 Å². The van der Waals surface area contributed by atoms with Crippen LogP contribution in [0.15, 0.2) is 41.8 Å². The number of hydrogen-bond donors (Lipinski definition) is 4. The molecule has 4 rings (SSSR count). The maximum absolute atomic E-state index is 10.6. The molecule has 0 amide bonds. The number of aliphatic hydroxyl groups excluding tert-OH is 3. The summed E-state index contributed by atoms with van der Waals surface area (Å²) >= 11 is 1.48. The molecule has 1 aliphatic rings. The van der Waals surface area contributed by atoms with Crippen LogP contribution in [0.4, 0.5) is 5.82 Å². The number of aliphatic hydroxyl groups is 3. The molecule has 0 radical (unpaired) electrons. The van der Waals surface area contributed by atoms with Gasteiger partial charge in [-0.1, -0.05) is 49.0 Å². The van der Waals surface area contributed by atoms with Crippen LogP contribution in [-0.2, 0) is 10.5 Å². The Hall–Kier alpha value is -2.24. The average molecular weight is 432 g/mol. The molecule has 0 aliphatic carbocycles. The molecule has 0 unspecified atom stereocenters. The van der Waals surface area contributed by atoms with Crippen molar-refractivity contribution >= 4 is 28.7 Å². The summed E-state index contributed by atoms with van der Waals surface area (Å²) in [6.07, 6.45) is -1.87. The normalized spacial score (nSPS) is 23.9. The van der Waals surface area contributed by atoms with Crippen molar-refractivity contribution < 1.29 is 20.1 Å². The van der Waals surface area contributed by atoms with Gasteiger partial charge >= 0.3 is 0 Å². The average Bonchev–Trinajstić information content (AvgIpc) is 3.28. The lowest BCUT2D eigenvalue weighted by atomic mass is 10.1. The maximum Gasteiger partial charge on any atom is 0.172 e. The Morgan fingerprint density at radius 1 is 1.17 bits per heavy atom. The smallest absolute Gasteiger partial charge is 0.172 e. The minimum atomic E-state index is -1.22. The lowest BCUT2D eigenvalue weighted by Gasteiger charge is -2.19. The molecule has 160 valence electrons. The van der Waals surface area contributed by atoms with E-state index in [0.29, 0.717) is 27.9 Å². The molecule has 1 aromatic carbocycles. The fraction of sp³-hybridized carbons (Fsp3) is 0.450. The van der Waals surface area contributed by atoms with Gasteiger partial charge in [-0.15, -0.1) is 0 Å². The Kier molecular flexibility index (Phi) is 6.49. The molecule has 0 saturated carbocycles. The summed E-state index contributed by atoms with van der Waals surface area (Å²) in [6.45, 7) is 2.40. The molecule has 2 aromatic heterocycles. The van der Waals surface area contributed by atoms with Crippen molar-refractivity contribution in [2.75, 3.05) is 18.5 Å². The zero-order valence-electron chi connectivity index (χ0n) is 16.5. The van der Waals surface area contributed by atoms with Gasteiger partial charge in [0.15, 0.2) is 28.4 Å². The first-order valence-corrected chi connectivity index (χ1v) is 10.9. The minimum Gasteiger partial charge on any atom is -0.394 e. The van der Waals surface area contributed by atoms with Crippen LogP contribution < -0.4 is 5.32 Å². The van der Waals surface area contributed by atoms with Gasteiger partial charge in [0.2, 0.25) is 0 Å². The van der Waals surface area contributed by atoms with Gasteiger partial charge in [0.25, 0.3) is 0 Å². The highest BCUT2D eigenvalue weighted by Crippen LogP contribution is 2.37. The van der Waals surface area contributed by atoms with E-state index < -0.39 is 31.1 Å². The molecule has 3 heterocycles. The number of thioether (sulfide) groups is 1. The predicted octanol–water partition coefficient (Wildman–Crippen LogP) is 1.55. The van der Waals surface area contributed by atoms with Crippen molar-refractivity contribution in [2.24, 2.45) is 0 Å². The number of ether oxygens (including phenoxy) is 1. The summed E-state index contributed by atoms with van der Waals surface area (Å²) in [5, 5.41) is 34.2. The number of anilines is 1. The molecule has 9 nitrogen and oxygen atoms in total. The molecule has 0 spiro atoms. The molecule has 1 saturated heterocycles. The number of hydrogen-bond acceptors (Lipinski definition) is 9. The Labute approximate surface area is 178 Å². The molecule has 4 N–H and O–H groups in total. The van der Waals surface area contributed by atoms with E-state index in [1.165, 1.54) is 18.1 Å². The Morgan fingerprint density at radius 2 is 1.97 bits per heavy atom. The van der Waals surface area contributed by atoms with Gasteiger partial charge in [-0.25, -0.2) is 15.0 Å². The molecule has 4 atom stereocenters. The number of nitrogens with one attached hydrogen (secondary N) is 1. The van der Waals surface area contributed by atoms with Crippen LogP contribution in [0.2, 0.25) is 0 Å². The Balaban J connectivity index is 1.75. The standard InChI is InChI=1S/C20H25N5O4S/c1-2-8-21-17-14-18(23-11-22-17)25(19-16(28)15(27)13(9-26)29-19)20(24-14)30-10-12-6-4-3-5-7-12/h3-7,11,13,15-16,19,26-28H,2,8-10H2,1H3,(H,21,22,23)/t13-,15-,16-,19-/m1/s1. The summed E-state index contributed by atoms with van der Waals surface area (Å²) in [6, 6.07) is 9.97. The number of imidazole rings is 1. The second-order valence-electron chi connectivity index (χ2n) is 7.09. The third-order valence-corrected chi connectivity index (χ3v) is 5.99. The third-order valence-electron chi connectivity index (χ3n) is 4.97. The van der Waals surface area contributed by atoms with Gasteiger partial charge in [-0.05, 0) is 12.0 Å². The second-order valence-corrected chi connectivity index (χ2v) is 8.03. The SMILES string of the molecule is CCCNc1ncnc2c1nc(SCc1ccccc1)n2[C@@H]1O[C@H](CO)[C@@H](O)[C@H]1O. The van der Waals surface area contributed by atoms with E-state index >= 15 is 0 Å². The van der Waals surface area contributed by atoms with Crippen molar-refractivity contribution in [1.82, 2.24) is 19.5 Å². The monoisotopic (exact) mass is 431 g/mol. The van der Waals surface area contributed by atoms with E-state index in [1.807, 2.05) is 30.3 Å². The fourth-order valence-corrected chi connectivity index (χ4v) is 4.38. The first-order chi connectivity index (χ1) is 14.6. The Bertz CT molecular complexity index is 986. The number of aromatic nitrogens is 4. The zero-order chi connectivity index (χ0) is 21.1. The van der Waals surface area contributed by atoms with Gasteiger partial charge < -0.3 is 25.4 Å². The summed E-state index contributed by atoms with van der Waals surface area (Å²) in [4.78, 5) is 13.4. The van der Waals surface area contributed by atoms with E-state index in [2.05, 4.69) is 22.2 Å². The first kappa shape index (κ1) is 21.0. The minimum absolute atomic E-state index is 0.397. The largest absolute Gasteiger partial charge is 0.394 e. The molecule has 0 bridgehead atoms. The summed E-state index contributed by atoms with van der Waals surface area (Å²) in [5.74, 6) is 1.26. The van der Waals surface area contributed by atoms with Gasteiger partial charge in [0.05, 0.1) is 6.61 Å². The van der Waals surface area contributed by atoms with Crippen molar-refractivity contribution in [3.63, 3.8) is 0 Å². The van der Waals surface area contributed by atoms with Crippen molar-refractivity contribution in [1.29, 1.82) is 0 Å². The van der Waals surface area contributed by atoms with E-state index in [-0.39, 0.29) is 0 Å². The van der Waals surface area contributed by atoms with Crippen LogP contribution in [0.25, 0.3) is 11.2 Å². The molecule has 30 heavy (non-hydrogen) atoms. The number of benzene rings is 1. The highest BCUT2D eigenvalue weighted by atomic mass is 32.2. The molecule has 1 aliphatic heterocycles. The fourth-order valence-electron chi connectivity index (χ4n) is 3.41. The summed E-state index contributed by atoms with van der Waals surface area (Å²) in [5.41, 5.74) is 2.19.